The van der Waals surface area contributed by atoms with Crippen LogP contribution in [0.25, 0.3) is 0 Å². The molecular weight excluding hydrogens is 226 g/mol. The van der Waals surface area contributed by atoms with Crippen molar-refractivity contribution in [2.24, 2.45) is 0 Å². The van der Waals surface area contributed by atoms with Crippen LogP contribution in [0.3, 0.4) is 0 Å². The molecule has 0 N–H and O–H groups in total. The van der Waals surface area contributed by atoms with Crippen LogP contribution in [0, 0.1) is 11.3 Å². The lowest BCUT2D eigenvalue weighted by molar-refractivity contribution is 0.123. The van der Waals surface area contributed by atoms with Crippen LogP contribution in [-0.2, 0) is 17.8 Å². The molecule has 2 heterocycles. The molecule has 90 valence electrons. The molecule has 0 saturated carbocycles. The second kappa shape index (κ2) is 6.48. The summed E-state index contributed by atoms with van der Waals surface area (Å²) >= 11 is 0. The maximum absolute atomic E-state index is 8.72. The first kappa shape index (κ1) is 12.2. The molecule has 2 aromatic heterocycles. The van der Waals surface area contributed by atoms with Crippen molar-refractivity contribution in [1.82, 2.24) is 9.97 Å². The molecule has 2 rings (SSSR count). The van der Waals surface area contributed by atoms with Crippen LogP contribution < -0.4 is 0 Å². The zero-order valence-corrected chi connectivity index (χ0v) is 9.91. The van der Waals surface area contributed by atoms with Crippen molar-refractivity contribution in [2.45, 2.75) is 13.0 Å². The van der Waals surface area contributed by atoms with Crippen LogP contribution >= 0.6 is 0 Å². The molecule has 0 aliphatic heterocycles. The minimum absolute atomic E-state index is 0.417. The van der Waals surface area contributed by atoms with E-state index in [1.54, 1.807) is 18.5 Å². The van der Waals surface area contributed by atoms with Gasteiger partial charge < -0.3 is 4.74 Å². The molecule has 2 aromatic rings. The topological polar surface area (TPSA) is 58.8 Å². The van der Waals surface area contributed by atoms with Crippen molar-refractivity contribution < 1.29 is 4.74 Å². The predicted molar refractivity (Wildman–Crippen MR) is 66.5 cm³/mol. The number of aromatic nitrogens is 2. The number of ether oxygens (including phenoxy) is 1. The standard InChI is InChI=1S/C14H13N3O/c15-10-14-9-12(4-7-17-14)11-18-8-5-13-3-1-2-6-16-13/h1-4,6-7,9H,5,8,11H2. The summed E-state index contributed by atoms with van der Waals surface area (Å²) in [6, 6.07) is 11.4. The Kier molecular flexibility index (Phi) is 4.39. The minimum atomic E-state index is 0.417. The molecule has 0 saturated heterocycles. The van der Waals surface area contributed by atoms with Gasteiger partial charge in [0, 0.05) is 24.5 Å². The molecule has 4 nitrogen and oxygen atoms in total. The Morgan fingerprint density at radius 3 is 2.89 bits per heavy atom. The molecule has 0 amide bonds. The first-order chi connectivity index (χ1) is 8.88. The maximum atomic E-state index is 8.72. The summed E-state index contributed by atoms with van der Waals surface area (Å²) in [4.78, 5) is 8.12. The van der Waals surface area contributed by atoms with Gasteiger partial charge in [-0.1, -0.05) is 6.07 Å². The monoisotopic (exact) mass is 239 g/mol. The van der Waals surface area contributed by atoms with E-state index in [-0.39, 0.29) is 0 Å². The minimum Gasteiger partial charge on any atom is -0.376 e. The second-order valence-electron chi connectivity index (χ2n) is 3.78. The van der Waals surface area contributed by atoms with E-state index in [4.69, 9.17) is 10.00 Å². The van der Waals surface area contributed by atoms with Gasteiger partial charge in [-0.25, -0.2) is 4.98 Å². The Morgan fingerprint density at radius 2 is 2.11 bits per heavy atom. The van der Waals surface area contributed by atoms with Crippen molar-refractivity contribution >= 4 is 0 Å². The Labute approximate surface area is 106 Å². The second-order valence-corrected chi connectivity index (χ2v) is 3.78. The summed E-state index contributed by atoms with van der Waals surface area (Å²) in [5.74, 6) is 0. The zero-order valence-electron chi connectivity index (χ0n) is 9.91. The van der Waals surface area contributed by atoms with Crippen LogP contribution in [0.1, 0.15) is 17.0 Å². The SMILES string of the molecule is N#Cc1cc(COCCc2ccccn2)ccn1. The molecular formula is C14H13N3O. The summed E-state index contributed by atoms with van der Waals surface area (Å²) in [6.07, 6.45) is 4.18. The molecule has 4 heteroatoms. The van der Waals surface area contributed by atoms with Crippen molar-refractivity contribution in [3.8, 4) is 6.07 Å². The number of nitrogens with zero attached hydrogens (tertiary/aromatic N) is 3. The van der Waals surface area contributed by atoms with Gasteiger partial charge in [0.05, 0.1) is 13.2 Å². The van der Waals surface area contributed by atoms with Gasteiger partial charge in [-0.15, -0.1) is 0 Å². The van der Waals surface area contributed by atoms with E-state index in [1.165, 1.54) is 0 Å². The maximum Gasteiger partial charge on any atom is 0.140 e. The van der Waals surface area contributed by atoms with Crippen molar-refractivity contribution in [1.29, 1.82) is 5.26 Å². The smallest absolute Gasteiger partial charge is 0.140 e. The summed E-state index contributed by atoms with van der Waals surface area (Å²) in [7, 11) is 0. The highest BCUT2D eigenvalue weighted by molar-refractivity contribution is 5.24. The van der Waals surface area contributed by atoms with E-state index >= 15 is 0 Å². The molecule has 0 radical (unpaired) electrons. The Bertz CT molecular complexity index is 534. The summed E-state index contributed by atoms with van der Waals surface area (Å²) in [6.45, 7) is 1.10. The molecule has 18 heavy (non-hydrogen) atoms. The zero-order chi connectivity index (χ0) is 12.6. The molecule has 0 bridgehead atoms. The number of pyridine rings is 2. The van der Waals surface area contributed by atoms with Gasteiger partial charge in [0.15, 0.2) is 0 Å². The largest absolute Gasteiger partial charge is 0.376 e. The third-order valence-corrected chi connectivity index (χ3v) is 2.44. The third kappa shape index (κ3) is 3.65. The normalized spacial score (nSPS) is 9.94. The number of rotatable bonds is 5. The molecule has 0 unspecified atom stereocenters. The highest BCUT2D eigenvalue weighted by atomic mass is 16.5. The van der Waals surface area contributed by atoms with Gasteiger partial charge in [0.25, 0.3) is 0 Å². The van der Waals surface area contributed by atoms with E-state index < -0.39 is 0 Å². The first-order valence-corrected chi connectivity index (χ1v) is 5.71. The van der Waals surface area contributed by atoms with E-state index in [9.17, 15) is 0 Å². The fourth-order valence-corrected chi connectivity index (χ4v) is 1.54. The van der Waals surface area contributed by atoms with Crippen LogP contribution in [0.4, 0.5) is 0 Å². The van der Waals surface area contributed by atoms with Crippen molar-refractivity contribution in [2.75, 3.05) is 6.61 Å². The van der Waals surface area contributed by atoms with Gasteiger partial charge in [-0.3, -0.25) is 4.98 Å². The average molecular weight is 239 g/mol. The van der Waals surface area contributed by atoms with Gasteiger partial charge in [-0.05, 0) is 29.8 Å². The van der Waals surface area contributed by atoms with E-state index in [0.717, 1.165) is 17.7 Å². The lowest BCUT2D eigenvalue weighted by Gasteiger charge is -2.04. The summed E-state index contributed by atoms with van der Waals surface area (Å²) in [5, 5.41) is 8.72. The molecule has 0 spiro atoms. The first-order valence-electron chi connectivity index (χ1n) is 5.71. The van der Waals surface area contributed by atoms with Crippen molar-refractivity contribution in [3.63, 3.8) is 0 Å². The molecule has 0 fully saturated rings. The van der Waals surface area contributed by atoms with E-state index in [2.05, 4.69) is 9.97 Å². The van der Waals surface area contributed by atoms with Gasteiger partial charge in [0.1, 0.15) is 11.8 Å². The lowest BCUT2D eigenvalue weighted by atomic mass is 10.2. The number of nitriles is 1. The lowest BCUT2D eigenvalue weighted by Crippen LogP contribution is -2.01. The third-order valence-electron chi connectivity index (χ3n) is 2.44. The average Bonchev–Trinajstić information content (AvgIpc) is 2.45. The van der Waals surface area contributed by atoms with Gasteiger partial charge in [-0.2, -0.15) is 5.26 Å². The van der Waals surface area contributed by atoms with Gasteiger partial charge in [0.2, 0.25) is 0 Å². The fraction of sp³-hybridized carbons (Fsp3) is 0.214. The Morgan fingerprint density at radius 1 is 1.17 bits per heavy atom. The number of hydrogen-bond acceptors (Lipinski definition) is 4. The van der Waals surface area contributed by atoms with E-state index in [0.29, 0.717) is 18.9 Å². The van der Waals surface area contributed by atoms with Crippen molar-refractivity contribution in [3.05, 3.63) is 59.7 Å². The summed E-state index contributed by atoms with van der Waals surface area (Å²) in [5.41, 5.74) is 2.40. The highest BCUT2D eigenvalue weighted by Crippen LogP contribution is 2.03. The van der Waals surface area contributed by atoms with Crippen LogP contribution in [0.15, 0.2) is 42.7 Å². The number of hydrogen-bond donors (Lipinski definition) is 0. The summed E-state index contributed by atoms with van der Waals surface area (Å²) < 4.78 is 5.55. The molecule has 0 aromatic carbocycles. The molecule has 0 aliphatic carbocycles. The quantitative estimate of drug-likeness (QED) is 0.750. The fourth-order valence-electron chi connectivity index (χ4n) is 1.54. The molecule has 0 aliphatic rings. The van der Waals surface area contributed by atoms with E-state index in [1.807, 2.05) is 30.3 Å². The van der Waals surface area contributed by atoms with Crippen LogP contribution in [-0.4, -0.2) is 16.6 Å². The van der Waals surface area contributed by atoms with Crippen LogP contribution in [0.5, 0.6) is 0 Å². The Balaban J connectivity index is 1.77. The van der Waals surface area contributed by atoms with Crippen LogP contribution in [0.2, 0.25) is 0 Å². The van der Waals surface area contributed by atoms with Gasteiger partial charge >= 0.3 is 0 Å². The highest BCUT2D eigenvalue weighted by Gasteiger charge is 1.98. The Hall–Kier alpha value is -2.25. The molecule has 0 atom stereocenters. The predicted octanol–water partition coefficient (Wildman–Crippen LogP) is 2.11.